The molecular weight excluding hydrogens is 182 g/mol. The van der Waals surface area contributed by atoms with E-state index < -0.39 is 0 Å². The SMILES string of the molecule is COc1cc(-c2ncco2)ncc1N. The van der Waals surface area contributed by atoms with Crippen LogP contribution in [0.1, 0.15) is 0 Å². The molecule has 72 valence electrons. The van der Waals surface area contributed by atoms with Crippen molar-refractivity contribution in [2.45, 2.75) is 0 Å². The highest BCUT2D eigenvalue weighted by Crippen LogP contribution is 2.25. The molecule has 0 atom stereocenters. The number of anilines is 1. The van der Waals surface area contributed by atoms with E-state index in [0.29, 0.717) is 23.0 Å². The fraction of sp³-hybridized carbons (Fsp3) is 0.111. The van der Waals surface area contributed by atoms with E-state index in [1.54, 1.807) is 19.4 Å². The first-order valence-corrected chi connectivity index (χ1v) is 4.00. The second kappa shape index (κ2) is 3.37. The van der Waals surface area contributed by atoms with Crippen LogP contribution >= 0.6 is 0 Å². The van der Waals surface area contributed by atoms with Crippen molar-refractivity contribution < 1.29 is 9.15 Å². The van der Waals surface area contributed by atoms with Crippen LogP contribution in [0.15, 0.2) is 29.1 Å². The largest absolute Gasteiger partial charge is 0.494 e. The van der Waals surface area contributed by atoms with Crippen LogP contribution in [0.2, 0.25) is 0 Å². The normalized spacial score (nSPS) is 10.1. The van der Waals surface area contributed by atoms with Gasteiger partial charge in [0.2, 0.25) is 5.89 Å². The molecule has 0 aliphatic rings. The van der Waals surface area contributed by atoms with Crippen molar-refractivity contribution in [1.29, 1.82) is 0 Å². The summed E-state index contributed by atoms with van der Waals surface area (Å²) in [5.74, 6) is 1.01. The Morgan fingerprint density at radius 2 is 2.29 bits per heavy atom. The lowest BCUT2D eigenvalue weighted by Crippen LogP contribution is -1.94. The summed E-state index contributed by atoms with van der Waals surface area (Å²) < 4.78 is 10.1. The van der Waals surface area contributed by atoms with Gasteiger partial charge in [0.15, 0.2) is 0 Å². The summed E-state index contributed by atoms with van der Waals surface area (Å²) in [5, 5.41) is 0. The second-order valence-electron chi connectivity index (χ2n) is 2.65. The summed E-state index contributed by atoms with van der Waals surface area (Å²) in [4.78, 5) is 8.03. The van der Waals surface area contributed by atoms with E-state index in [9.17, 15) is 0 Å². The van der Waals surface area contributed by atoms with Gasteiger partial charge in [-0.05, 0) is 0 Å². The van der Waals surface area contributed by atoms with Crippen molar-refractivity contribution in [3.63, 3.8) is 0 Å². The number of methoxy groups -OCH3 is 1. The van der Waals surface area contributed by atoms with E-state index in [1.807, 2.05) is 0 Å². The van der Waals surface area contributed by atoms with E-state index >= 15 is 0 Å². The molecule has 0 spiro atoms. The quantitative estimate of drug-likeness (QED) is 0.775. The van der Waals surface area contributed by atoms with Gasteiger partial charge >= 0.3 is 0 Å². The van der Waals surface area contributed by atoms with Crippen LogP contribution in [0.4, 0.5) is 5.69 Å². The molecule has 2 N–H and O–H groups in total. The minimum atomic E-state index is 0.448. The summed E-state index contributed by atoms with van der Waals surface area (Å²) in [5.41, 5.74) is 6.70. The Morgan fingerprint density at radius 3 is 2.93 bits per heavy atom. The van der Waals surface area contributed by atoms with Gasteiger partial charge in [-0.15, -0.1) is 0 Å². The van der Waals surface area contributed by atoms with Crippen LogP contribution in [-0.4, -0.2) is 17.1 Å². The van der Waals surface area contributed by atoms with E-state index in [-0.39, 0.29) is 0 Å². The van der Waals surface area contributed by atoms with Crippen LogP contribution in [0.5, 0.6) is 5.75 Å². The predicted octanol–water partition coefficient (Wildman–Crippen LogP) is 1.33. The zero-order valence-corrected chi connectivity index (χ0v) is 7.60. The van der Waals surface area contributed by atoms with Gasteiger partial charge in [-0.3, -0.25) is 0 Å². The number of pyridine rings is 1. The molecule has 0 radical (unpaired) electrons. The number of hydrogen-bond donors (Lipinski definition) is 1. The predicted molar refractivity (Wildman–Crippen MR) is 50.7 cm³/mol. The highest BCUT2D eigenvalue weighted by Gasteiger charge is 2.07. The maximum atomic E-state index is 5.61. The van der Waals surface area contributed by atoms with E-state index in [1.165, 1.54) is 12.5 Å². The Hall–Kier alpha value is -2.04. The zero-order chi connectivity index (χ0) is 9.97. The topological polar surface area (TPSA) is 74.2 Å². The maximum absolute atomic E-state index is 5.61. The summed E-state index contributed by atoms with van der Waals surface area (Å²) in [7, 11) is 1.55. The fourth-order valence-electron chi connectivity index (χ4n) is 1.09. The fourth-order valence-corrected chi connectivity index (χ4v) is 1.09. The number of rotatable bonds is 2. The summed E-state index contributed by atoms with van der Waals surface area (Å²) >= 11 is 0. The molecule has 14 heavy (non-hydrogen) atoms. The van der Waals surface area contributed by atoms with Crippen molar-refractivity contribution in [3.8, 4) is 17.3 Å². The van der Waals surface area contributed by atoms with Gasteiger partial charge in [-0.25, -0.2) is 9.97 Å². The molecule has 0 saturated heterocycles. The Morgan fingerprint density at radius 1 is 1.43 bits per heavy atom. The van der Waals surface area contributed by atoms with Gasteiger partial charge in [0.05, 0.1) is 25.2 Å². The van der Waals surface area contributed by atoms with Gasteiger partial charge < -0.3 is 14.9 Å². The lowest BCUT2D eigenvalue weighted by molar-refractivity contribution is 0.416. The van der Waals surface area contributed by atoms with E-state index in [0.717, 1.165) is 0 Å². The van der Waals surface area contributed by atoms with Gasteiger partial charge in [0.1, 0.15) is 17.7 Å². The van der Waals surface area contributed by atoms with Gasteiger partial charge in [-0.1, -0.05) is 0 Å². The molecule has 0 unspecified atom stereocenters. The molecule has 0 saturated carbocycles. The Balaban J connectivity index is 2.46. The average Bonchev–Trinajstić information content (AvgIpc) is 2.71. The van der Waals surface area contributed by atoms with Crippen molar-refractivity contribution >= 4 is 5.69 Å². The number of nitrogen functional groups attached to an aromatic ring is 1. The molecule has 5 heteroatoms. The molecule has 0 aliphatic heterocycles. The van der Waals surface area contributed by atoms with Gasteiger partial charge in [0.25, 0.3) is 0 Å². The number of oxazole rings is 1. The van der Waals surface area contributed by atoms with Gasteiger partial charge in [0, 0.05) is 6.07 Å². The molecule has 0 aliphatic carbocycles. The van der Waals surface area contributed by atoms with Crippen molar-refractivity contribution in [2.75, 3.05) is 12.8 Å². The summed E-state index contributed by atoms with van der Waals surface area (Å²) in [6.45, 7) is 0. The average molecular weight is 191 g/mol. The highest BCUT2D eigenvalue weighted by atomic mass is 16.5. The Kier molecular flexibility index (Phi) is 2.06. The Bertz CT molecular complexity index is 426. The smallest absolute Gasteiger partial charge is 0.245 e. The lowest BCUT2D eigenvalue weighted by Gasteiger charge is -2.03. The molecular formula is C9H9N3O2. The molecule has 2 heterocycles. The number of ether oxygens (including phenoxy) is 1. The number of nitrogens with zero attached hydrogens (tertiary/aromatic N) is 2. The number of aromatic nitrogens is 2. The molecule has 5 nitrogen and oxygen atoms in total. The molecule has 0 aromatic carbocycles. The summed E-state index contributed by atoms with van der Waals surface area (Å²) in [6, 6.07) is 1.68. The molecule has 2 aromatic heterocycles. The Labute approximate surface area is 80.5 Å². The van der Waals surface area contributed by atoms with Crippen molar-refractivity contribution in [3.05, 3.63) is 24.7 Å². The second-order valence-corrected chi connectivity index (χ2v) is 2.65. The first-order chi connectivity index (χ1) is 6.81. The molecule has 2 aromatic rings. The van der Waals surface area contributed by atoms with E-state index in [2.05, 4.69) is 9.97 Å². The molecule has 0 amide bonds. The van der Waals surface area contributed by atoms with Crippen molar-refractivity contribution in [1.82, 2.24) is 9.97 Å². The monoisotopic (exact) mass is 191 g/mol. The van der Waals surface area contributed by atoms with Crippen LogP contribution in [0.25, 0.3) is 11.6 Å². The zero-order valence-electron chi connectivity index (χ0n) is 7.60. The summed E-state index contributed by atoms with van der Waals surface area (Å²) in [6.07, 6.45) is 4.55. The van der Waals surface area contributed by atoms with Crippen LogP contribution < -0.4 is 10.5 Å². The maximum Gasteiger partial charge on any atom is 0.245 e. The molecule has 0 bridgehead atoms. The minimum Gasteiger partial charge on any atom is -0.494 e. The lowest BCUT2D eigenvalue weighted by atomic mass is 10.3. The van der Waals surface area contributed by atoms with Crippen LogP contribution in [0.3, 0.4) is 0 Å². The van der Waals surface area contributed by atoms with Crippen molar-refractivity contribution in [2.24, 2.45) is 0 Å². The van der Waals surface area contributed by atoms with E-state index in [4.69, 9.17) is 14.9 Å². The molecule has 0 fully saturated rings. The highest BCUT2D eigenvalue weighted by molar-refractivity contribution is 5.59. The first kappa shape index (κ1) is 8.55. The standard InChI is InChI=1S/C9H9N3O2/c1-13-8-4-7(12-5-6(8)10)9-11-2-3-14-9/h2-5H,10H2,1H3. The first-order valence-electron chi connectivity index (χ1n) is 4.00. The third-order valence-corrected chi connectivity index (χ3v) is 1.77. The molecule has 2 rings (SSSR count). The minimum absolute atomic E-state index is 0.448. The third-order valence-electron chi connectivity index (χ3n) is 1.77. The van der Waals surface area contributed by atoms with Crippen LogP contribution in [-0.2, 0) is 0 Å². The van der Waals surface area contributed by atoms with Crippen LogP contribution in [0, 0.1) is 0 Å². The van der Waals surface area contributed by atoms with Gasteiger partial charge in [-0.2, -0.15) is 0 Å². The number of nitrogens with two attached hydrogens (primary N) is 1. The number of hydrogen-bond acceptors (Lipinski definition) is 5. The third kappa shape index (κ3) is 1.39.